The van der Waals surface area contributed by atoms with Gasteiger partial charge in [-0.1, -0.05) is 0 Å². The first-order valence-corrected chi connectivity index (χ1v) is 4.76. The largest absolute Gasteiger partial charge is 0.331 e. The normalized spacial score (nSPS) is 28.8. The molecule has 0 aromatic heterocycles. The number of carbonyl (C=O) groups excluding carboxylic acids is 1. The summed E-state index contributed by atoms with van der Waals surface area (Å²) in [5, 5.41) is 0. The molecule has 1 fully saturated rings. The Morgan fingerprint density at radius 1 is 1.54 bits per heavy atom. The van der Waals surface area contributed by atoms with Crippen molar-refractivity contribution < 1.29 is 4.79 Å². The number of hydrogen-bond donors (Lipinski definition) is 1. The Morgan fingerprint density at radius 2 is 2.15 bits per heavy atom. The van der Waals surface area contributed by atoms with E-state index in [1.807, 2.05) is 4.90 Å². The van der Waals surface area contributed by atoms with Crippen molar-refractivity contribution in [2.75, 3.05) is 20.6 Å². The number of likely N-dealkylation sites (tertiary alicyclic amines) is 1. The van der Waals surface area contributed by atoms with E-state index in [0.29, 0.717) is 0 Å². The molecule has 13 heavy (non-hydrogen) atoms. The summed E-state index contributed by atoms with van der Waals surface area (Å²) in [6, 6.07) is 0.638. The zero-order valence-electron chi connectivity index (χ0n) is 8.66. The van der Waals surface area contributed by atoms with Crippen molar-refractivity contribution in [1.82, 2.24) is 9.80 Å². The van der Waals surface area contributed by atoms with Gasteiger partial charge in [-0.15, -0.1) is 0 Å². The van der Waals surface area contributed by atoms with E-state index in [1.54, 1.807) is 19.0 Å². The molecule has 2 unspecified atom stereocenters. The van der Waals surface area contributed by atoms with E-state index in [-0.39, 0.29) is 18.1 Å². The van der Waals surface area contributed by atoms with Crippen LogP contribution in [0.25, 0.3) is 0 Å². The first kappa shape index (κ1) is 10.3. The molecule has 2 atom stereocenters. The predicted octanol–water partition coefficient (Wildman–Crippen LogP) is 0.480. The maximum Gasteiger partial charge on any atom is 0.319 e. The summed E-state index contributed by atoms with van der Waals surface area (Å²) in [4.78, 5) is 15.1. The minimum absolute atomic E-state index is 0.0967. The SMILES string of the molecule is CC1CC(N)CCN1C(=O)N(C)C. The molecule has 4 nitrogen and oxygen atoms in total. The number of carbonyl (C=O) groups is 1. The summed E-state index contributed by atoms with van der Waals surface area (Å²) in [6.07, 6.45) is 1.84. The Morgan fingerprint density at radius 3 is 2.62 bits per heavy atom. The zero-order valence-corrected chi connectivity index (χ0v) is 8.66. The number of amides is 2. The maximum atomic E-state index is 11.6. The quantitative estimate of drug-likeness (QED) is 0.596. The molecule has 76 valence electrons. The summed E-state index contributed by atoms with van der Waals surface area (Å²) >= 11 is 0. The van der Waals surface area contributed by atoms with E-state index < -0.39 is 0 Å². The van der Waals surface area contributed by atoms with Gasteiger partial charge in [0.2, 0.25) is 0 Å². The molecule has 1 rings (SSSR count). The highest BCUT2D eigenvalue weighted by atomic mass is 16.2. The average Bonchev–Trinajstić information content (AvgIpc) is 2.03. The molecule has 1 aliphatic rings. The molecular weight excluding hydrogens is 166 g/mol. The molecule has 0 aliphatic carbocycles. The molecule has 0 aromatic rings. The number of urea groups is 1. The summed E-state index contributed by atoms with van der Waals surface area (Å²) < 4.78 is 0. The van der Waals surface area contributed by atoms with Crippen molar-refractivity contribution in [3.8, 4) is 0 Å². The van der Waals surface area contributed by atoms with Gasteiger partial charge in [0.05, 0.1) is 0 Å². The van der Waals surface area contributed by atoms with Crippen molar-refractivity contribution in [2.45, 2.75) is 31.8 Å². The van der Waals surface area contributed by atoms with Gasteiger partial charge < -0.3 is 15.5 Å². The lowest BCUT2D eigenvalue weighted by atomic mass is 10.00. The van der Waals surface area contributed by atoms with E-state index in [0.717, 1.165) is 19.4 Å². The predicted molar refractivity (Wildman–Crippen MR) is 52.5 cm³/mol. The third kappa shape index (κ3) is 2.34. The molecule has 2 amide bonds. The molecule has 0 aromatic carbocycles. The molecule has 1 heterocycles. The summed E-state index contributed by atoms with van der Waals surface area (Å²) in [5.74, 6) is 0. The number of piperidine rings is 1. The molecule has 0 radical (unpaired) electrons. The van der Waals surface area contributed by atoms with Gasteiger partial charge in [-0.3, -0.25) is 0 Å². The van der Waals surface area contributed by atoms with Gasteiger partial charge in [0.15, 0.2) is 0 Å². The van der Waals surface area contributed by atoms with Crippen LogP contribution in [0.5, 0.6) is 0 Å². The van der Waals surface area contributed by atoms with Gasteiger partial charge in [-0.05, 0) is 19.8 Å². The maximum absolute atomic E-state index is 11.6. The van der Waals surface area contributed by atoms with Crippen molar-refractivity contribution >= 4 is 6.03 Å². The van der Waals surface area contributed by atoms with E-state index >= 15 is 0 Å². The monoisotopic (exact) mass is 185 g/mol. The van der Waals surface area contributed by atoms with Crippen molar-refractivity contribution in [3.05, 3.63) is 0 Å². The van der Waals surface area contributed by atoms with E-state index in [9.17, 15) is 4.79 Å². The molecule has 1 saturated heterocycles. The average molecular weight is 185 g/mol. The van der Waals surface area contributed by atoms with Crippen LogP contribution in [0.15, 0.2) is 0 Å². The first-order chi connectivity index (χ1) is 6.02. The topological polar surface area (TPSA) is 49.6 Å². The van der Waals surface area contributed by atoms with Gasteiger partial charge in [0.25, 0.3) is 0 Å². The lowest BCUT2D eigenvalue weighted by Gasteiger charge is -2.37. The van der Waals surface area contributed by atoms with Crippen LogP contribution < -0.4 is 5.73 Å². The van der Waals surface area contributed by atoms with Crippen LogP contribution in [0.2, 0.25) is 0 Å². The number of nitrogens with zero attached hydrogens (tertiary/aromatic N) is 2. The van der Waals surface area contributed by atoms with Crippen molar-refractivity contribution in [2.24, 2.45) is 5.73 Å². The van der Waals surface area contributed by atoms with Crippen LogP contribution in [0.4, 0.5) is 4.79 Å². The smallest absolute Gasteiger partial charge is 0.319 e. The molecule has 0 saturated carbocycles. The van der Waals surface area contributed by atoms with Gasteiger partial charge in [0.1, 0.15) is 0 Å². The molecular formula is C9H19N3O. The van der Waals surface area contributed by atoms with Crippen molar-refractivity contribution in [3.63, 3.8) is 0 Å². The minimum Gasteiger partial charge on any atom is -0.331 e. The van der Waals surface area contributed by atoms with Crippen molar-refractivity contribution in [1.29, 1.82) is 0 Å². The Bertz CT molecular complexity index is 193. The van der Waals surface area contributed by atoms with Crippen LogP contribution >= 0.6 is 0 Å². The van der Waals surface area contributed by atoms with Crippen LogP contribution in [-0.4, -0.2) is 48.6 Å². The Hall–Kier alpha value is -0.770. The zero-order chi connectivity index (χ0) is 10.0. The highest BCUT2D eigenvalue weighted by molar-refractivity contribution is 5.74. The fourth-order valence-electron chi connectivity index (χ4n) is 1.75. The third-order valence-electron chi connectivity index (χ3n) is 2.54. The third-order valence-corrected chi connectivity index (χ3v) is 2.54. The lowest BCUT2D eigenvalue weighted by molar-refractivity contribution is 0.129. The first-order valence-electron chi connectivity index (χ1n) is 4.76. The van der Waals surface area contributed by atoms with Gasteiger partial charge in [0, 0.05) is 32.7 Å². The minimum atomic E-state index is 0.0967. The fourth-order valence-corrected chi connectivity index (χ4v) is 1.75. The van der Waals surface area contributed by atoms with Gasteiger partial charge in [-0.2, -0.15) is 0 Å². The van der Waals surface area contributed by atoms with Crippen LogP contribution in [0, 0.1) is 0 Å². The van der Waals surface area contributed by atoms with Gasteiger partial charge >= 0.3 is 6.03 Å². The molecule has 0 spiro atoms. The lowest BCUT2D eigenvalue weighted by Crippen LogP contribution is -2.51. The summed E-state index contributed by atoms with van der Waals surface area (Å²) in [7, 11) is 3.56. The molecule has 2 N–H and O–H groups in total. The van der Waals surface area contributed by atoms with Crippen LogP contribution in [0.3, 0.4) is 0 Å². The van der Waals surface area contributed by atoms with Gasteiger partial charge in [-0.25, -0.2) is 4.79 Å². The highest BCUT2D eigenvalue weighted by Crippen LogP contribution is 2.16. The highest BCUT2D eigenvalue weighted by Gasteiger charge is 2.27. The second-order valence-corrected chi connectivity index (χ2v) is 4.00. The van der Waals surface area contributed by atoms with E-state index in [4.69, 9.17) is 5.73 Å². The Balaban J connectivity index is 2.56. The summed E-state index contributed by atoms with van der Waals surface area (Å²) in [5.41, 5.74) is 5.81. The van der Waals surface area contributed by atoms with Crippen LogP contribution in [0.1, 0.15) is 19.8 Å². The second-order valence-electron chi connectivity index (χ2n) is 4.00. The molecule has 1 aliphatic heterocycles. The van der Waals surface area contributed by atoms with E-state index in [2.05, 4.69) is 6.92 Å². The Labute approximate surface area is 79.7 Å². The number of hydrogen-bond acceptors (Lipinski definition) is 2. The fraction of sp³-hybridized carbons (Fsp3) is 0.889. The standard InChI is InChI=1S/C9H19N3O/c1-7-6-8(10)4-5-12(7)9(13)11(2)3/h7-8H,4-6,10H2,1-3H3. The second kappa shape index (κ2) is 3.96. The number of rotatable bonds is 0. The van der Waals surface area contributed by atoms with Crippen LogP contribution in [-0.2, 0) is 0 Å². The van der Waals surface area contributed by atoms with E-state index in [1.165, 1.54) is 0 Å². The summed E-state index contributed by atoms with van der Waals surface area (Å²) in [6.45, 7) is 2.85. The number of nitrogens with two attached hydrogens (primary N) is 1. The Kier molecular flexibility index (Phi) is 3.14. The molecule has 4 heteroatoms. The molecule has 0 bridgehead atoms.